The van der Waals surface area contributed by atoms with E-state index >= 15 is 0 Å². The molecule has 112 valence electrons. The van der Waals surface area contributed by atoms with E-state index in [0.29, 0.717) is 18.3 Å². The molecule has 4 nitrogen and oxygen atoms in total. The number of nitriles is 2. The summed E-state index contributed by atoms with van der Waals surface area (Å²) in [6, 6.07) is 3.99. The predicted octanol–water partition coefficient (Wildman–Crippen LogP) is 4.73. The Morgan fingerprint density at radius 1 is 1.00 bits per heavy atom. The summed E-state index contributed by atoms with van der Waals surface area (Å²) >= 11 is 0. The third kappa shape index (κ3) is 6.66. The van der Waals surface area contributed by atoms with Gasteiger partial charge in [-0.15, -0.1) is 0 Å². The second kappa shape index (κ2) is 8.69. The fraction of sp³-hybridized carbons (Fsp3) is 0.875. The Kier molecular flexibility index (Phi) is 8.07. The van der Waals surface area contributed by atoms with Crippen LogP contribution in [-0.2, 0) is 0 Å². The van der Waals surface area contributed by atoms with Gasteiger partial charge < -0.3 is 0 Å². The Labute approximate surface area is 123 Å². The largest absolute Gasteiger partial charge is 0.196 e. The van der Waals surface area contributed by atoms with Crippen molar-refractivity contribution in [3.63, 3.8) is 0 Å². The van der Waals surface area contributed by atoms with Gasteiger partial charge in [-0.05, 0) is 43.9 Å². The summed E-state index contributed by atoms with van der Waals surface area (Å²) in [5, 5.41) is 26.8. The molecule has 0 heterocycles. The van der Waals surface area contributed by atoms with Gasteiger partial charge in [-0.2, -0.15) is 20.8 Å². The summed E-state index contributed by atoms with van der Waals surface area (Å²) in [4.78, 5) is 0. The zero-order valence-corrected chi connectivity index (χ0v) is 13.7. The topological polar surface area (TPSA) is 72.3 Å². The van der Waals surface area contributed by atoms with Crippen LogP contribution in [0.1, 0.15) is 60.8 Å². The average Bonchev–Trinajstić information content (AvgIpc) is 2.37. The Bertz CT molecular complexity index is 386. The molecule has 0 aliphatic rings. The maximum atomic E-state index is 9.39. The Morgan fingerprint density at radius 2 is 1.60 bits per heavy atom. The molecule has 3 unspecified atom stereocenters. The summed E-state index contributed by atoms with van der Waals surface area (Å²) in [5.74, 6) is 1.18. The maximum Gasteiger partial charge on any atom is 0.167 e. The van der Waals surface area contributed by atoms with Crippen molar-refractivity contribution in [1.82, 2.24) is 0 Å². The van der Waals surface area contributed by atoms with Gasteiger partial charge >= 0.3 is 0 Å². The summed E-state index contributed by atoms with van der Waals surface area (Å²) in [6.45, 7) is 12.3. The Balaban J connectivity index is 4.79. The van der Waals surface area contributed by atoms with Gasteiger partial charge in [-0.3, -0.25) is 0 Å². The van der Waals surface area contributed by atoms with Crippen LogP contribution in [0, 0.1) is 40.4 Å². The van der Waals surface area contributed by atoms with E-state index < -0.39 is 11.6 Å². The standard InChI is InChI=1S/C16H28N4/c1-12(2)7-8-15(10-17)19-20-16(6,11-18)14(5)9-13(3)4/h12-15H,7-9H2,1-6H3. The second-order valence-electron chi connectivity index (χ2n) is 6.62. The quantitative estimate of drug-likeness (QED) is 0.601. The molecule has 0 saturated carbocycles. The van der Waals surface area contributed by atoms with E-state index in [9.17, 15) is 5.26 Å². The molecule has 0 N–H and O–H groups in total. The molecule has 0 aliphatic carbocycles. The first-order chi connectivity index (χ1) is 9.25. The molecule has 4 heteroatoms. The minimum absolute atomic E-state index is 0.126. The molecule has 0 fully saturated rings. The lowest BCUT2D eigenvalue weighted by Crippen LogP contribution is -2.30. The van der Waals surface area contributed by atoms with Crippen LogP contribution in [0.25, 0.3) is 0 Å². The number of hydrogen-bond acceptors (Lipinski definition) is 4. The Hall–Kier alpha value is -1.42. The maximum absolute atomic E-state index is 9.39. The van der Waals surface area contributed by atoms with Gasteiger partial charge in [0.2, 0.25) is 0 Å². The van der Waals surface area contributed by atoms with Crippen LogP contribution in [-0.4, -0.2) is 11.6 Å². The molecule has 0 aromatic heterocycles. The van der Waals surface area contributed by atoms with E-state index in [0.717, 1.165) is 12.8 Å². The van der Waals surface area contributed by atoms with Crippen LogP contribution < -0.4 is 0 Å². The van der Waals surface area contributed by atoms with Gasteiger partial charge in [-0.25, -0.2) is 0 Å². The first-order valence-corrected chi connectivity index (χ1v) is 7.48. The molecule has 0 bridgehead atoms. The first-order valence-electron chi connectivity index (χ1n) is 7.48. The van der Waals surface area contributed by atoms with Crippen molar-refractivity contribution < 1.29 is 0 Å². The monoisotopic (exact) mass is 276 g/mol. The predicted molar refractivity (Wildman–Crippen MR) is 81.0 cm³/mol. The van der Waals surface area contributed by atoms with Crippen LogP contribution in [0.2, 0.25) is 0 Å². The van der Waals surface area contributed by atoms with E-state index in [2.05, 4.69) is 50.1 Å². The van der Waals surface area contributed by atoms with Crippen LogP contribution in [0.4, 0.5) is 0 Å². The third-order valence-electron chi connectivity index (χ3n) is 3.58. The number of nitrogens with zero attached hydrogens (tertiary/aromatic N) is 4. The minimum Gasteiger partial charge on any atom is -0.196 e. The van der Waals surface area contributed by atoms with E-state index in [-0.39, 0.29) is 5.92 Å². The summed E-state index contributed by atoms with van der Waals surface area (Å²) in [7, 11) is 0. The highest BCUT2D eigenvalue weighted by Crippen LogP contribution is 2.28. The molecule has 3 atom stereocenters. The van der Waals surface area contributed by atoms with Crippen molar-refractivity contribution in [2.75, 3.05) is 0 Å². The highest BCUT2D eigenvalue weighted by atomic mass is 15.2. The molecule has 0 saturated heterocycles. The summed E-state index contributed by atoms with van der Waals surface area (Å²) < 4.78 is 0. The SMILES string of the molecule is CC(C)CCC(C#N)N=NC(C)(C#N)C(C)CC(C)C. The number of hydrogen-bond donors (Lipinski definition) is 0. The number of rotatable bonds is 8. The van der Waals surface area contributed by atoms with E-state index in [4.69, 9.17) is 5.26 Å². The summed E-state index contributed by atoms with van der Waals surface area (Å²) in [6.07, 6.45) is 2.58. The van der Waals surface area contributed by atoms with Gasteiger partial charge in [0, 0.05) is 0 Å². The van der Waals surface area contributed by atoms with E-state index in [1.165, 1.54) is 0 Å². The lowest BCUT2D eigenvalue weighted by atomic mass is 9.83. The van der Waals surface area contributed by atoms with Gasteiger partial charge in [0.1, 0.15) is 0 Å². The average molecular weight is 276 g/mol. The van der Waals surface area contributed by atoms with Crippen molar-refractivity contribution in [2.45, 2.75) is 72.4 Å². The first kappa shape index (κ1) is 18.6. The third-order valence-corrected chi connectivity index (χ3v) is 3.58. The molecular weight excluding hydrogens is 248 g/mol. The van der Waals surface area contributed by atoms with Crippen LogP contribution >= 0.6 is 0 Å². The molecular formula is C16H28N4. The fourth-order valence-electron chi connectivity index (χ4n) is 2.00. The molecule has 0 spiro atoms. The van der Waals surface area contributed by atoms with Crippen LogP contribution in [0.15, 0.2) is 10.2 Å². The van der Waals surface area contributed by atoms with E-state index in [1.54, 1.807) is 6.92 Å². The minimum atomic E-state index is -0.836. The molecule has 0 radical (unpaired) electrons. The fourth-order valence-corrected chi connectivity index (χ4v) is 2.00. The highest BCUT2D eigenvalue weighted by Gasteiger charge is 2.32. The van der Waals surface area contributed by atoms with Gasteiger partial charge in [0.25, 0.3) is 0 Å². The molecule has 0 rings (SSSR count). The Morgan fingerprint density at radius 3 is 2.00 bits per heavy atom. The molecule has 0 amide bonds. The number of azo groups is 1. The van der Waals surface area contributed by atoms with Crippen molar-refractivity contribution in [3.8, 4) is 12.1 Å². The van der Waals surface area contributed by atoms with Crippen LogP contribution in [0.5, 0.6) is 0 Å². The zero-order chi connectivity index (χ0) is 15.8. The van der Waals surface area contributed by atoms with Crippen molar-refractivity contribution in [3.05, 3.63) is 0 Å². The molecule has 20 heavy (non-hydrogen) atoms. The molecule has 0 aromatic carbocycles. The van der Waals surface area contributed by atoms with Gasteiger partial charge in [-0.1, -0.05) is 34.6 Å². The van der Waals surface area contributed by atoms with Gasteiger partial charge in [0.05, 0.1) is 12.1 Å². The normalized spacial score (nSPS) is 17.7. The smallest absolute Gasteiger partial charge is 0.167 e. The van der Waals surface area contributed by atoms with E-state index in [1.807, 2.05) is 6.92 Å². The van der Waals surface area contributed by atoms with Gasteiger partial charge in [0.15, 0.2) is 11.6 Å². The lowest BCUT2D eigenvalue weighted by molar-refractivity contribution is 0.318. The highest BCUT2D eigenvalue weighted by molar-refractivity contribution is 5.07. The van der Waals surface area contributed by atoms with Crippen molar-refractivity contribution >= 4 is 0 Å². The molecule has 0 aromatic rings. The van der Waals surface area contributed by atoms with Crippen molar-refractivity contribution in [1.29, 1.82) is 10.5 Å². The lowest BCUT2D eigenvalue weighted by Gasteiger charge is -2.25. The van der Waals surface area contributed by atoms with Crippen molar-refractivity contribution in [2.24, 2.45) is 28.0 Å². The second-order valence-corrected chi connectivity index (χ2v) is 6.62. The van der Waals surface area contributed by atoms with Crippen LogP contribution in [0.3, 0.4) is 0 Å². The summed E-state index contributed by atoms with van der Waals surface area (Å²) in [5.41, 5.74) is -0.836. The molecule has 0 aliphatic heterocycles. The zero-order valence-electron chi connectivity index (χ0n) is 13.7.